The lowest BCUT2D eigenvalue weighted by atomic mass is 10.2. The minimum Gasteiger partial charge on any atom is -0.508 e. The fourth-order valence-corrected chi connectivity index (χ4v) is 0.479. The number of rotatable bonds is 3. The van der Waals surface area contributed by atoms with Crippen LogP contribution in [-0.2, 0) is 4.79 Å². The van der Waals surface area contributed by atoms with E-state index in [0.717, 1.165) is 0 Å². The van der Waals surface area contributed by atoms with Gasteiger partial charge < -0.3 is 15.3 Å². The molecule has 4 nitrogen and oxygen atoms in total. The molecule has 3 N–H and O–H groups in total. The third-order valence-corrected chi connectivity index (χ3v) is 0.963. The monoisotopic (exact) mass is 146 g/mol. The summed E-state index contributed by atoms with van der Waals surface area (Å²) in [7, 11) is 0. The van der Waals surface area contributed by atoms with Gasteiger partial charge in [0.2, 0.25) is 5.76 Å². The first kappa shape index (κ1) is 8.81. The maximum atomic E-state index is 9.95. The first-order valence-electron chi connectivity index (χ1n) is 2.94. The molecule has 0 aromatic carbocycles. The summed E-state index contributed by atoms with van der Waals surface area (Å²) in [4.78, 5) is 9.95. The SMILES string of the molecule is CCCC(O)=C(O)C(=O)O. The summed E-state index contributed by atoms with van der Waals surface area (Å²) < 4.78 is 0. The van der Waals surface area contributed by atoms with Gasteiger partial charge in [-0.25, -0.2) is 4.79 Å². The van der Waals surface area contributed by atoms with Gasteiger partial charge in [0.15, 0.2) is 0 Å². The number of allylic oxidation sites excluding steroid dienone is 1. The van der Waals surface area contributed by atoms with Crippen molar-refractivity contribution in [3.63, 3.8) is 0 Å². The van der Waals surface area contributed by atoms with E-state index < -0.39 is 17.5 Å². The first-order valence-corrected chi connectivity index (χ1v) is 2.94. The molecular formula is C6H10O4. The molecule has 10 heavy (non-hydrogen) atoms. The molecule has 0 atom stereocenters. The van der Waals surface area contributed by atoms with Crippen molar-refractivity contribution in [2.24, 2.45) is 0 Å². The zero-order valence-electron chi connectivity index (χ0n) is 5.66. The van der Waals surface area contributed by atoms with E-state index in [9.17, 15) is 4.79 Å². The summed E-state index contributed by atoms with van der Waals surface area (Å²) in [6.45, 7) is 1.77. The molecule has 0 spiro atoms. The van der Waals surface area contributed by atoms with Gasteiger partial charge in [0.25, 0.3) is 0 Å². The molecule has 0 amide bonds. The zero-order valence-corrected chi connectivity index (χ0v) is 5.66. The molecule has 58 valence electrons. The van der Waals surface area contributed by atoms with Crippen molar-refractivity contribution in [1.82, 2.24) is 0 Å². The second-order valence-corrected chi connectivity index (χ2v) is 1.85. The smallest absolute Gasteiger partial charge is 0.374 e. The molecule has 0 saturated carbocycles. The Bertz CT molecular complexity index is 159. The highest BCUT2D eigenvalue weighted by Gasteiger charge is 2.09. The number of aliphatic carboxylic acids is 1. The van der Waals surface area contributed by atoms with Crippen LogP contribution >= 0.6 is 0 Å². The topological polar surface area (TPSA) is 77.8 Å². The fraction of sp³-hybridized carbons (Fsp3) is 0.500. The molecule has 0 aliphatic heterocycles. The van der Waals surface area contributed by atoms with Gasteiger partial charge in [-0.2, -0.15) is 0 Å². The molecular weight excluding hydrogens is 136 g/mol. The van der Waals surface area contributed by atoms with E-state index in [2.05, 4.69) is 0 Å². The van der Waals surface area contributed by atoms with Crippen LogP contribution in [0.15, 0.2) is 11.5 Å². The van der Waals surface area contributed by atoms with Crippen LogP contribution in [0.5, 0.6) is 0 Å². The number of carbonyl (C=O) groups is 1. The average Bonchev–Trinajstić information content (AvgIpc) is 1.87. The minimum absolute atomic E-state index is 0.193. The minimum atomic E-state index is -1.49. The van der Waals surface area contributed by atoms with Gasteiger partial charge in [0.05, 0.1) is 0 Å². The van der Waals surface area contributed by atoms with E-state index in [4.69, 9.17) is 15.3 Å². The molecule has 0 aromatic heterocycles. The lowest BCUT2D eigenvalue weighted by Gasteiger charge is -1.97. The Labute approximate surface area is 58.4 Å². The Morgan fingerprint density at radius 1 is 1.30 bits per heavy atom. The summed E-state index contributed by atoms with van der Waals surface area (Å²) in [5, 5.41) is 25.4. The molecule has 0 fully saturated rings. The van der Waals surface area contributed by atoms with E-state index in [1.54, 1.807) is 6.92 Å². The van der Waals surface area contributed by atoms with Gasteiger partial charge in [-0.3, -0.25) is 0 Å². The zero-order chi connectivity index (χ0) is 8.15. The normalized spacial score (nSPS) is 12.5. The van der Waals surface area contributed by atoms with Gasteiger partial charge >= 0.3 is 5.97 Å². The highest BCUT2D eigenvalue weighted by atomic mass is 16.4. The lowest BCUT2D eigenvalue weighted by molar-refractivity contribution is -0.135. The van der Waals surface area contributed by atoms with Crippen LogP contribution in [-0.4, -0.2) is 21.3 Å². The Kier molecular flexibility index (Phi) is 3.32. The fourth-order valence-electron chi connectivity index (χ4n) is 0.479. The summed E-state index contributed by atoms with van der Waals surface area (Å²) in [6.07, 6.45) is 0.793. The molecule has 0 aliphatic rings. The van der Waals surface area contributed by atoms with Crippen LogP contribution in [0.4, 0.5) is 0 Å². The van der Waals surface area contributed by atoms with Crippen LogP contribution in [0.3, 0.4) is 0 Å². The van der Waals surface area contributed by atoms with Crippen molar-refractivity contribution in [2.75, 3.05) is 0 Å². The molecule has 0 radical (unpaired) electrons. The Morgan fingerprint density at radius 2 is 1.80 bits per heavy atom. The van der Waals surface area contributed by atoms with Crippen molar-refractivity contribution in [2.45, 2.75) is 19.8 Å². The van der Waals surface area contributed by atoms with Crippen LogP contribution in [0.2, 0.25) is 0 Å². The number of carboxylic acid groups (broad SMARTS) is 1. The number of aliphatic hydroxyl groups excluding tert-OH is 2. The van der Waals surface area contributed by atoms with Crippen molar-refractivity contribution in [1.29, 1.82) is 0 Å². The predicted molar refractivity (Wildman–Crippen MR) is 34.8 cm³/mol. The van der Waals surface area contributed by atoms with Crippen molar-refractivity contribution in [3.05, 3.63) is 11.5 Å². The Morgan fingerprint density at radius 3 is 2.10 bits per heavy atom. The van der Waals surface area contributed by atoms with Gasteiger partial charge in [-0.1, -0.05) is 6.92 Å². The van der Waals surface area contributed by atoms with E-state index in [0.29, 0.717) is 6.42 Å². The van der Waals surface area contributed by atoms with Crippen LogP contribution in [0.25, 0.3) is 0 Å². The van der Waals surface area contributed by atoms with E-state index >= 15 is 0 Å². The molecule has 0 bridgehead atoms. The summed E-state index contributed by atoms with van der Waals surface area (Å²) in [5.74, 6) is -2.91. The van der Waals surface area contributed by atoms with Crippen molar-refractivity contribution in [3.8, 4) is 0 Å². The number of aliphatic hydroxyl groups is 2. The standard InChI is InChI=1S/C6H10O4/c1-2-3-4(7)5(8)6(9)10/h7-8H,2-3H2,1H3,(H,9,10). The van der Waals surface area contributed by atoms with Crippen molar-refractivity contribution >= 4 is 5.97 Å². The maximum absolute atomic E-state index is 9.95. The Balaban J connectivity index is 4.19. The average molecular weight is 146 g/mol. The van der Waals surface area contributed by atoms with E-state index in [-0.39, 0.29) is 6.42 Å². The Hall–Kier alpha value is -1.19. The second-order valence-electron chi connectivity index (χ2n) is 1.85. The molecule has 0 saturated heterocycles. The van der Waals surface area contributed by atoms with Gasteiger partial charge in [-0.05, 0) is 6.42 Å². The molecule has 0 aliphatic carbocycles. The van der Waals surface area contributed by atoms with Crippen LogP contribution in [0, 0.1) is 0 Å². The highest BCUT2D eigenvalue weighted by molar-refractivity contribution is 5.84. The molecule has 0 unspecified atom stereocenters. The van der Waals surface area contributed by atoms with E-state index in [1.165, 1.54) is 0 Å². The van der Waals surface area contributed by atoms with Crippen molar-refractivity contribution < 1.29 is 20.1 Å². The van der Waals surface area contributed by atoms with Gasteiger partial charge in [0, 0.05) is 6.42 Å². The molecule has 4 heteroatoms. The maximum Gasteiger partial charge on any atom is 0.374 e. The van der Waals surface area contributed by atoms with Gasteiger partial charge in [0.1, 0.15) is 5.76 Å². The quantitative estimate of drug-likeness (QED) is 0.413. The summed E-state index contributed by atoms with van der Waals surface area (Å²) in [5.41, 5.74) is 0. The summed E-state index contributed by atoms with van der Waals surface area (Å²) in [6, 6.07) is 0. The largest absolute Gasteiger partial charge is 0.508 e. The molecule has 0 heterocycles. The number of hydrogen-bond acceptors (Lipinski definition) is 3. The lowest BCUT2D eigenvalue weighted by Crippen LogP contribution is -2.03. The second kappa shape index (κ2) is 3.76. The molecule has 0 aromatic rings. The first-order chi connectivity index (χ1) is 4.59. The third kappa shape index (κ3) is 2.39. The molecule has 0 rings (SSSR count). The highest BCUT2D eigenvalue weighted by Crippen LogP contribution is 2.04. The van der Waals surface area contributed by atoms with E-state index in [1.807, 2.05) is 0 Å². The predicted octanol–water partition coefficient (Wildman–Crippen LogP) is 1.20. The third-order valence-electron chi connectivity index (χ3n) is 0.963. The van der Waals surface area contributed by atoms with Crippen LogP contribution < -0.4 is 0 Å². The number of hydrogen-bond donors (Lipinski definition) is 3. The van der Waals surface area contributed by atoms with Crippen LogP contribution in [0.1, 0.15) is 19.8 Å². The van der Waals surface area contributed by atoms with Gasteiger partial charge in [-0.15, -0.1) is 0 Å². The summed E-state index contributed by atoms with van der Waals surface area (Å²) >= 11 is 0. The number of carboxylic acids is 1.